The zero-order chi connectivity index (χ0) is 19.9. The van der Waals surface area contributed by atoms with Crippen LogP contribution in [0.15, 0.2) is 29.1 Å². The van der Waals surface area contributed by atoms with Crippen LogP contribution in [0.5, 0.6) is 6.01 Å². The molecule has 0 aliphatic heterocycles. The third-order valence-corrected chi connectivity index (χ3v) is 4.37. The van der Waals surface area contributed by atoms with E-state index in [-0.39, 0.29) is 16.7 Å². The maximum Gasteiger partial charge on any atom is 0.416 e. The molecule has 2 heterocycles. The lowest BCUT2D eigenvalue weighted by molar-refractivity contribution is -0.137. The Morgan fingerprint density at radius 1 is 1.26 bits per heavy atom. The van der Waals surface area contributed by atoms with Gasteiger partial charge in [0.05, 0.1) is 17.7 Å². The molecule has 0 saturated carbocycles. The standard InChI is InChI=1S/C17H17F3N4O3/c1-3-11(25)13-12-14(21-16(27)22-15(12)26)24(23-13)8(2)9-4-6-10(7-5-9)17(18,19)20/h4-8,11,25H,3H2,1-2H3,(H2,21,22,26,27)/t8-,11-/m0/s1. The van der Waals surface area contributed by atoms with Crippen LogP contribution in [0, 0.1) is 0 Å². The maximum atomic E-state index is 12.8. The van der Waals surface area contributed by atoms with Gasteiger partial charge in [-0.2, -0.15) is 23.3 Å². The number of alkyl halides is 3. The van der Waals surface area contributed by atoms with E-state index in [0.29, 0.717) is 12.0 Å². The first kappa shape index (κ1) is 18.9. The molecule has 2 atom stereocenters. The number of aromatic nitrogens is 4. The van der Waals surface area contributed by atoms with Crippen LogP contribution in [0.4, 0.5) is 13.2 Å². The number of hydrogen-bond donors (Lipinski definition) is 3. The van der Waals surface area contributed by atoms with Crippen LogP contribution in [0.1, 0.15) is 49.2 Å². The van der Waals surface area contributed by atoms with E-state index in [1.165, 1.54) is 16.8 Å². The smallest absolute Gasteiger partial charge is 0.416 e. The quantitative estimate of drug-likeness (QED) is 0.644. The number of fused-ring (bicyclic) bond motifs is 1. The van der Waals surface area contributed by atoms with Crippen molar-refractivity contribution in [2.24, 2.45) is 0 Å². The predicted octanol–water partition coefficient (Wildman–Crippen LogP) is 2.90. The Kier molecular flexibility index (Phi) is 4.68. The van der Waals surface area contributed by atoms with E-state index in [1.54, 1.807) is 13.8 Å². The van der Waals surface area contributed by atoms with Gasteiger partial charge in [0.15, 0.2) is 5.65 Å². The van der Waals surface area contributed by atoms with Crippen LogP contribution in [-0.2, 0) is 6.18 Å². The van der Waals surface area contributed by atoms with Crippen molar-refractivity contribution in [1.82, 2.24) is 19.7 Å². The summed E-state index contributed by atoms with van der Waals surface area (Å²) in [6.45, 7) is 3.37. The second-order valence-corrected chi connectivity index (χ2v) is 6.14. The second kappa shape index (κ2) is 6.69. The summed E-state index contributed by atoms with van der Waals surface area (Å²) < 4.78 is 39.6. The van der Waals surface area contributed by atoms with Crippen LogP contribution >= 0.6 is 0 Å². The molecule has 2 aromatic heterocycles. The minimum absolute atomic E-state index is 0.0286. The highest BCUT2D eigenvalue weighted by Crippen LogP contribution is 2.31. The minimum atomic E-state index is -4.45. The first-order chi connectivity index (χ1) is 12.6. The highest BCUT2D eigenvalue weighted by Gasteiger charge is 2.30. The molecule has 0 radical (unpaired) electrons. The highest BCUT2D eigenvalue weighted by atomic mass is 19.4. The zero-order valence-corrected chi connectivity index (χ0v) is 14.4. The molecule has 0 bridgehead atoms. The lowest BCUT2D eigenvalue weighted by Gasteiger charge is -2.15. The number of nitrogens with one attached hydrogen (secondary N) is 1. The van der Waals surface area contributed by atoms with Crippen molar-refractivity contribution in [3.63, 3.8) is 0 Å². The first-order valence-electron chi connectivity index (χ1n) is 8.20. The number of aliphatic hydroxyl groups is 1. The highest BCUT2D eigenvalue weighted by molar-refractivity contribution is 5.78. The molecular formula is C17H17F3N4O3. The fraction of sp³-hybridized carbons (Fsp3) is 0.353. The molecule has 10 heteroatoms. The van der Waals surface area contributed by atoms with Gasteiger partial charge >= 0.3 is 6.18 Å². The average molecular weight is 382 g/mol. The Bertz CT molecular complexity index is 1020. The van der Waals surface area contributed by atoms with Crippen molar-refractivity contribution < 1.29 is 23.4 Å². The van der Waals surface area contributed by atoms with Crippen molar-refractivity contribution in [2.45, 2.75) is 38.6 Å². The van der Waals surface area contributed by atoms with Crippen molar-refractivity contribution in [3.8, 4) is 6.01 Å². The summed E-state index contributed by atoms with van der Waals surface area (Å²) in [5.41, 5.74) is -0.818. The number of halogens is 3. The maximum absolute atomic E-state index is 12.8. The summed E-state index contributed by atoms with van der Waals surface area (Å²) in [5, 5.41) is 24.1. The van der Waals surface area contributed by atoms with E-state index in [1.807, 2.05) is 0 Å². The molecule has 3 rings (SSSR count). The summed E-state index contributed by atoms with van der Waals surface area (Å²) in [6.07, 6.45) is -5.18. The molecule has 27 heavy (non-hydrogen) atoms. The Balaban J connectivity index is 2.14. The number of H-pyrrole nitrogens is 1. The molecule has 3 N–H and O–H groups in total. The third-order valence-electron chi connectivity index (χ3n) is 4.37. The van der Waals surface area contributed by atoms with Gasteiger partial charge in [-0.3, -0.25) is 9.78 Å². The van der Waals surface area contributed by atoms with Crippen LogP contribution in [0.2, 0.25) is 0 Å². The molecule has 0 amide bonds. The van der Waals surface area contributed by atoms with Gasteiger partial charge < -0.3 is 10.2 Å². The van der Waals surface area contributed by atoms with Crippen molar-refractivity contribution >= 4 is 11.0 Å². The summed E-state index contributed by atoms with van der Waals surface area (Å²) in [6, 6.07) is 3.31. The van der Waals surface area contributed by atoms with Gasteiger partial charge in [0.25, 0.3) is 11.6 Å². The van der Waals surface area contributed by atoms with Gasteiger partial charge in [-0.05, 0) is 31.0 Å². The van der Waals surface area contributed by atoms with Gasteiger partial charge in [-0.15, -0.1) is 0 Å². The Hall–Kier alpha value is -2.88. The van der Waals surface area contributed by atoms with Gasteiger partial charge in [-0.1, -0.05) is 19.1 Å². The van der Waals surface area contributed by atoms with Gasteiger partial charge in [-0.25, -0.2) is 4.68 Å². The summed E-state index contributed by atoms with van der Waals surface area (Å²) in [4.78, 5) is 18.3. The number of rotatable bonds is 4. The van der Waals surface area contributed by atoms with Gasteiger partial charge in [0.2, 0.25) is 0 Å². The third kappa shape index (κ3) is 3.39. The predicted molar refractivity (Wildman–Crippen MR) is 90.3 cm³/mol. The molecule has 7 nitrogen and oxygen atoms in total. The lowest BCUT2D eigenvalue weighted by Crippen LogP contribution is -2.12. The largest absolute Gasteiger partial charge is 0.480 e. The van der Waals surface area contributed by atoms with Crippen LogP contribution in [0.3, 0.4) is 0 Å². The zero-order valence-electron chi connectivity index (χ0n) is 14.4. The SMILES string of the molecule is CC[C@H](O)c1nn([C@@H](C)c2ccc(C(F)(F)F)cc2)c2nc(O)[nH]c(=O)c12. The van der Waals surface area contributed by atoms with E-state index < -0.39 is 35.5 Å². The Morgan fingerprint density at radius 3 is 2.44 bits per heavy atom. The second-order valence-electron chi connectivity index (χ2n) is 6.14. The molecule has 0 aliphatic carbocycles. The Labute approximate surface area is 151 Å². The van der Waals surface area contributed by atoms with Crippen molar-refractivity contribution in [1.29, 1.82) is 0 Å². The monoisotopic (exact) mass is 382 g/mol. The van der Waals surface area contributed by atoms with E-state index in [0.717, 1.165) is 12.1 Å². The number of benzene rings is 1. The van der Waals surface area contributed by atoms with Crippen LogP contribution < -0.4 is 5.56 Å². The fourth-order valence-electron chi connectivity index (χ4n) is 2.85. The van der Waals surface area contributed by atoms with Gasteiger partial charge in [0, 0.05) is 0 Å². The molecule has 144 valence electrons. The van der Waals surface area contributed by atoms with Crippen LogP contribution in [0.25, 0.3) is 11.0 Å². The first-order valence-corrected chi connectivity index (χ1v) is 8.20. The molecule has 0 unspecified atom stereocenters. The summed E-state index contributed by atoms with van der Waals surface area (Å²) in [7, 11) is 0. The van der Waals surface area contributed by atoms with Crippen molar-refractivity contribution in [2.75, 3.05) is 0 Å². The van der Waals surface area contributed by atoms with Gasteiger partial charge in [0.1, 0.15) is 11.1 Å². The molecule has 3 aromatic rings. The number of aromatic hydroxyl groups is 1. The number of aromatic amines is 1. The normalized spacial score (nSPS) is 14.4. The number of aliphatic hydroxyl groups excluding tert-OH is 1. The molecular weight excluding hydrogens is 365 g/mol. The van der Waals surface area contributed by atoms with Crippen molar-refractivity contribution in [3.05, 3.63) is 51.4 Å². The fourth-order valence-corrected chi connectivity index (χ4v) is 2.85. The van der Waals surface area contributed by atoms with E-state index >= 15 is 0 Å². The van der Waals surface area contributed by atoms with E-state index in [2.05, 4.69) is 15.1 Å². The number of hydrogen-bond acceptors (Lipinski definition) is 5. The number of nitrogens with zero attached hydrogens (tertiary/aromatic N) is 3. The Morgan fingerprint density at radius 2 is 1.89 bits per heavy atom. The lowest BCUT2D eigenvalue weighted by atomic mass is 10.1. The van der Waals surface area contributed by atoms with E-state index in [4.69, 9.17) is 0 Å². The average Bonchev–Trinajstić information content (AvgIpc) is 2.99. The summed E-state index contributed by atoms with van der Waals surface area (Å²) in [5.74, 6) is 0. The molecule has 0 spiro atoms. The molecule has 0 saturated heterocycles. The molecule has 0 fully saturated rings. The molecule has 1 aromatic carbocycles. The van der Waals surface area contributed by atoms with E-state index in [9.17, 15) is 28.2 Å². The topological polar surface area (TPSA) is 104 Å². The minimum Gasteiger partial charge on any atom is -0.480 e. The van der Waals surface area contributed by atoms with Crippen LogP contribution in [-0.4, -0.2) is 30.0 Å². The summed E-state index contributed by atoms with van der Waals surface area (Å²) >= 11 is 0. The molecule has 0 aliphatic rings.